The predicted molar refractivity (Wildman–Crippen MR) is 76.8 cm³/mol. The number of oxime groups is 1. The first-order chi connectivity index (χ1) is 8.35. The van der Waals surface area contributed by atoms with Crippen molar-refractivity contribution >= 4 is 34.7 Å². The third kappa shape index (κ3) is 4.27. The van der Waals surface area contributed by atoms with Gasteiger partial charge < -0.3 is 16.3 Å². The van der Waals surface area contributed by atoms with Crippen LogP contribution in [0.5, 0.6) is 0 Å². The standard InChI is InChI=1S/C12H17Cl2N3O/c1-12(2,11(15)17-18)3-4-16-10-6-8(13)5-9(14)7-10/h5-7,16,18H,3-4H2,1-2H3,(H2,15,17). The van der Waals surface area contributed by atoms with Crippen LogP contribution in [0.3, 0.4) is 0 Å². The molecule has 0 saturated heterocycles. The highest BCUT2D eigenvalue weighted by Crippen LogP contribution is 2.24. The Morgan fingerprint density at radius 3 is 2.39 bits per heavy atom. The molecule has 0 bridgehead atoms. The zero-order valence-electron chi connectivity index (χ0n) is 10.4. The summed E-state index contributed by atoms with van der Waals surface area (Å²) in [5.74, 6) is 0.216. The van der Waals surface area contributed by atoms with E-state index in [2.05, 4.69) is 10.5 Å². The Morgan fingerprint density at radius 2 is 1.89 bits per heavy atom. The SMILES string of the molecule is CC(C)(CCNc1cc(Cl)cc(Cl)c1)C(N)=NO. The molecule has 6 heteroatoms. The lowest BCUT2D eigenvalue weighted by molar-refractivity contribution is 0.306. The van der Waals surface area contributed by atoms with E-state index in [0.717, 1.165) is 5.69 Å². The van der Waals surface area contributed by atoms with E-state index in [4.69, 9.17) is 34.1 Å². The molecule has 0 spiro atoms. The molecule has 0 radical (unpaired) electrons. The van der Waals surface area contributed by atoms with Crippen molar-refractivity contribution in [2.75, 3.05) is 11.9 Å². The van der Waals surface area contributed by atoms with Crippen LogP contribution in [0.2, 0.25) is 10.0 Å². The Kier molecular flexibility index (Phi) is 5.11. The van der Waals surface area contributed by atoms with Crippen LogP contribution in [0.4, 0.5) is 5.69 Å². The van der Waals surface area contributed by atoms with Crippen molar-refractivity contribution < 1.29 is 5.21 Å². The van der Waals surface area contributed by atoms with Gasteiger partial charge in [0.15, 0.2) is 0 Å². The van der Waals surface area contributed by atoms with Gasteiger partial charge >= 0.3 is 0 Å². The minimum absolute atomic E-state index is 0.216. The van der Waals surface area contributed by atoms with E-state index in [1.54, 1.807) is 18.2 Å². The van der Waals surface area contributed by atoms with Crippen LogP contribution in [0.1, 0.15) is 20.3 Å². The number of halogens is 2. The third-order valence-electron chi connectivity index (χ3n) is 2.74. The summed E-state index contributed by atoms with van der Waals surface area (Å²) >= 11 is 11.8. The van der Waals surface area contributed by atoms with Crippen LogP contribution in [0, 0.1) is 5.41 Å². The molecule has 0 heterocycles. The lowest BCUT2D eigenvalue weighted by Crippen LogP contribution is -2.33. The maximum atomic E-state index is 8.67. The quantitative estimate of drug-likeness (QED) is 0.336. The van der Waals surface area contributed by atoms with Crippen LogP contribution >= 0.6 is 23.2 Å². The van der Waals surface area contributed by atoms with Gasteiger partial charge in [0.1, 0.15) is 5.84 Å². The topological polar surface area (TPSA) is 70.6 Å². The molecule has 0 atom stereocenters. The molecule has 0 amide bonds. The second-order valence-corrected chi connectivity index (χ2v) is 5.58. The van der Waals surface area contributed by atoms with Crippen molar-refractivity contribution in [2.24, 2.45) is 16.3 Å². The number of benzene rings is 1. The van der Waals surface area contributed by atoms with Gasteiger partial charge in [0.05, 0.1) is 0 Å². The third-order valence-corrected chi connectivity index (χ3v) is 3.18. The Labute approximate surface area is 117 Å². The Balaban J connectivity index is 2.56. The maximum Gasteiger partial charge on any atom is 0.144 e. The summed E-state index contributed by atoms with van der Waals surface area (Å²) in [5, 5.41) is 16.1. The molecule has 4 N–H and O–H groups in total. The van der Waals surface area contributed by atoms with Gasteiger partial charge in [-0.25, -0.2) is 0 Å². The zero-order valence-corrected chi connectivity index (χ0v) is 11.9. The van der Waals surface area contributed by atoms with Gasteiger partial charge in [0.25, 0.3) is 0 Å². The lowest BCUT2D eigenvalue weighted by Gasteiger charge is -2.23. The van der Waals surface area contributed by atoms with Crippen LogP contribution in [0.15, 0.2) is 23.4 Å². The van der Waals surface area contributed by atoms with Crippen molar-refractivity contribution in [3.63, 3.8) is 0 Å². The summed E-state index contributed by atoms with van der Waals surface area (Å²) in [6, 6.07) is 5.27. The van der Waals surface area contributed by atoms with Crippen LogP contribution in [-0.2, 0) is 0 Å². The van der Waals surface area contributed by atoms with Gasteiger partial charge in [-0.05, 0) is 24.6 Å². The number of rotatable bonds is 5. The second kappa shape index (κ2) is 6.16. The Bertz CT molecular complexity index is 427. The van der Waals surface area contributed by atoms with E-state index < -0.39 is 0 Å². The van der Waals surface area contributed by atoms with Gasteiger partial charge in [0.2, 0.25) is 0 Å². The molecule has 1 aromatic carbocycles. The number of hydrogen-bond donors (Lipinski definition) is 3. The van der Waals surface area contributed by atoms with Gasteiger partial charge in [-0.1, -0.05) is 42.2 Å². The second-order valence-electron chi connectivity index (χ2n) is 4.70. The molecule has 0 aliphatic heterocycles. The van der Waals surface area contributed by atoms with E-state index in [1.807, 2.05) is 13.8 Å². The number of hydrogen-bond acceptors (Lipinski definition) is 3. The molecule has 0 saturated carbocycles. The predicted octanol–water partition coefficient (Wildman–Crippen LogP) is 3.57. The molecular weight excluding hydrogens is 273 g/mol. The fourth-order valence-electron chi connectivity index (χ4n) is 1.44. The van der Waals surface area contributed by atoms with Crippen LogP contribution in [0.25, 0.3) is 0 Å². The fraction of sp³-hybridized carbons (Fsp3) is 0.417. The van der Waals surface area contributed by atoms with Crippen LogP contribution in [-0.4, -0.2) is 17.6 Å². The van der Waals surface area contributed by atoms with Gasteiger partial charge in [0, 0.05) is 27.7 Å². The van der Waals surface area contributed by atoms with Crippen molar-refractivity contribution in [1.82, 2.24) is 0 Å². The largest absolute Gasteiger partial charge is 0.409 e. The van der Waals surface area contributed by atoms with Crippen molar-refractivity contribution in [2.45, 2.75) is 20.3 Å². The zero-order chi connectivity index (χ0) is 13.8. The number of anilines is 1. The number of nitrogens with one attached hydrogen (secondary N) is 1. The molecule has 1 rings (SSSR count). The smallest absolute Gasteiger partial charge is 0.144 e. The Morgan fingerprint density at radius 1 is 1.33 bits per heavy atom. The lowest BCUT2D eigenvalue weighted by atomic mass is 9.88. The first-order valence-corrected chi connectivity index (χ1v) is 6.29. The van der Waals surface area contributed by atoms with E-state index in [1.165, 1.54) is 0 Å². The van der Waals surface area contributed by atoms with Crippen LogP contribution < -0.4 is 11.1 Å². The van der Waals surface area contributed by atoms with Gasteiger partial charge in [-0.15, -0.1) is 0 Å². The monoisotopic (exact) mass is 289 g/mol. The Hall–Kier alpha value is -1.13. The van der Waals surface area contributed by atoms with Crippen molar-refractivity contribution in [1.29, 1.82) is 0 Å². The maximum absolute atomic E-state index is 8.67. The summed E-state index contributed by atoms with van der Waals surface area (Å²) < 4.78 is 0. The first kappa shape index (κ1) is 14.9. The average molecular weight is 290 g/mol. The molecule has 0 aromatic heterocycles. The molecule has 0 fully saturated rings. The van der Waals surface area contributed by atoms with E-state index in [-0.39, 0.29) is 11.3 Å². The number of nitrogens with zero attached hydrogens (tertiary/aromatic N) is 1. The highest BCUT2D eigenvalue weighted by atomic mass is 35.5. The number of amidine groups is 1. The molecule has 0 aliphatic carbocycles. The summed E-state index contributed by atoms with van der Waals surface area (Å²) in [6.45, 7) is 4.49. The summed E-state index contributed by atoms with van der Waals surface area (Å²) in [5.41, 5.74) is 6.09. The highest BCUT2D eigenvalue weighted by molar-refractivity contribution is 6.35. The molecule has 0 aliphatic rings. The molecular formula is C12H17Cl2N3O. The summed E-state index contributed by atoms with van der Waals surface area (Å²) in [7, 11) is 0. The first-order valence-electron chi connectivity index (χ1n) is 5.53. The fourth-order valence-corrected chi connectivity index (χ4v) is 1.96. The normalized spacial score (nSPS) is 12.6. The average Bonchev–Trinajstić information content (AvgIpc) is 2.26. The van der Waals surface area contributed by atoms with Crippen molar-refractivity contribution in [3.8, 4) is 0 Å². The van der Waals surface area contributed by atoms with Gasteiger partial charge in [-0.3, -0.25) is 0 Å². The van der Waals surface area contributed by atoms with E-state index in [9.17, 15) is 0 Å². The summed E-state index contributed by atoms with van der Waals surface area (Å²) in [4.78, 5) is 0. The molecule has 4 nitrogen and oxygen atoms in total. The molecule has 0 unspecified atom stereocenters. The minimum Gasteiger partial charge on any atom is -0.409 e. The number of nitrogens with two attached hydrogens (primary N) is 1. The minimum atomic E-state index is -0.371. The molecule has 1 aromatic rings. The summed E-state index contributed by atoms with van der Waals surface area (Å²) in [6.07, 6.45) is 0.715. The molecule has 18 heavy (non-hydrogen) atoms. The van der Waals surface area contributed by atoms with E-state index in [0.29, 0.717) is 23.0 Å². The van der Waals surface area contributed by atoms with E-state index >= 15 is 0 Å². The molecule has 100 valence electrons. The van der Waals surface area contributed by atoms with Crippen molar-refractivity contribution in [3.05, 3.63) is 28.2 Å². The van der Waals surface area contributed by atoms with Gasteiger partial charge in [-0.2, -0.15) is 0 Å². The highest BCUT2D eigenvalue weighted by Gasteiger charge is 2.22.